The van der Waals surface area contributed by atoms with Crippen molar-refractivity contribution in [3.05, 3.63) is 34.9 Å². The third kappa shape index (κ3) is 2.24. The molecule has 4 atom stereocenters. The number of nitrogens with zero attached hydrogens (tertiary/aromatic N) is 1. The monoisotopic (exact) mass is 351 g/mol. The number of halogens is 1. The molecular weight excluding hydrogens is 332 g/mol. The van der Waals surface area contributed by atoms with Crippen LogP contribution in [0.1, 0.15) is 25.5 Å². The molecular formula is C17H20ClN2O4+. The number of methoxy groups -OCH3 is 1. The quantitative estimate of drug-likeness (QED) is 0.635. The number of carbonyl (C=O) groups is 3. The van der Waals surface area contributed by atoms with E-state index < -0.39 is 23.3 Å². The van der Waals surface area contributed by atoms with Gasteiger partial charge >= 0.3 is 5.97 Å². The molecule has 24 heavy (non-hydrogen) atoms. The van der Waals surface area contributed by atoms with E-state index in [4.69, 9.17) is 16.3 Å². The molecule has 0 aromatic heterocycles. The molecule has 0 bridgehead atoms. The maximum atomic E-state index is 12.8. The standard InChI is InChI=1S/C17H19ClN2O4/c1-4-20-14(21)11-12(15(20)22)17(2,16(23)24-3)19-13(11)9-5-7-10(18)8-6-9/h5-8,11-13,19H,4H2,1-3H3/p+1/t11-,12-,13-,17+/m0/s1. The molecule has 2 aliphatic heterocycles. The molecule has 2 fully saturated rings. The van der Waals surface area contributed by atoms with Gasteiger partial charge in [0.15, 0.2) is 0 Å². The normalized spacial score (nSPS) is 32.2. The molecule has 3 rings (SSSR count). The molecule has 2 aliphatic rings. The Bertz CT molecular complexity index is 705. The van der Waals surface area contributed by atoms with Gasteiger partial charge in [0.2, 0.25) is 17.4 Å². The first-order chi connectivity index (χ1) is 11.3. The lowest BCUT2D eigenvalue weighted by Crippen LogP contribution is -2.97. The van der Waals surface area contributed by atoms with E-state index in [1.165, 1.54) is 12.0 Å². The number of imide groups is 1. The number of nitrogens with two attached hydrogens (primary N) is 1. The van der Waals surface area contributed by atoms with E-state index in [0.717, 1.165) is 5.56 Å². The molecule has 0 unspecified atom stereocenters. The van der Waals surface area contributed by atoms with Gasteiger partial charge in [0.05, 0.1) is 7.11 Å². The van der Waals surface area contributed by atoms with Crippen LogP contribution in [-0.2, 0) is 19.1 Å². The highest BCUT2D eigenvalue weighted by Crippen LogP contribution is 2.44. The number of fused-ring (bicyclic) bond motifs is 1. The molecule has 2 amide bonds. The third-order valence-electron chi connectivity index (χ3n) is 5.20. The number of quaternary nitrogens is 1. The maximum absolute atomic E-state index is 12.8. The molecule has 7 heteroatoms. The molecule has 1 aromatic carbocycles. The summed E-state index contributed by atoms with van der Waals surface area (Å²) in [6.45, 7) is 3.74. The van der Waals surface area contributed by atoms with Gasteiger partial charge in [0.25, 0.3) is 0 Å². The Kier molecular flexibility index (Phi) is 4.13. The predicted octanol–water partition coefficient (Wildman–Crippen LogP) is 0.511. The number of esters is 1. The summed E-state index contributed by atoms with van der Waals surface area (Å²) in [7, 11) is 1.30. The van der Waals surface area contributed by atoms with Crippen molar-refractivity contribution >= 4 is 29.4 Å². The zero-order valence-corrected chi connectivity index (χ0v) is 14.5. The Morgan fingerprint density at radius 3 is 2.46 bits per heavy atom. The number of rotatable bonds is 3. The first-order valence-electron chi connectivity index (χ1n) is 7.90. The Morgan fingerprint density at radius 1 is 1.29 bits per heavy atom. The van der Waals surface area contributed by atoms with E-state index in [1.807, 2.05) is 12.1 Å². The SMILES string of the molecule is CCN1C(=O)[C@H]2[C@@H](C1=O)[C@](C)(C(=O)OC)[NH2+][C@H]2c1ccc(Cl)cc1. The average molecular weight is 352 g/mol. The second-order valence-electron chi connectivity index (χ2n) is 6.44. The minimum absolute atomic E-state index is 0.226. The van der Waals surface area contributed by atoms with Crippen molar-refractivity contribution in [1.82, 2.24) is 4.90 Å². The van der Waals surface area contributed by atoms with Crippen LogP contribution in [0.4, 0.5) is 0 Å². The lowest BCUT2D eigenvalue weighted by atomic mass is 9.80. The van der Waals surface area contributed by atoms with Crippen LogP contribution in [0.25, 0.3) is 0 Å². The third-order valence-corrected chi connectivity index (χ3v) is 5.45. The molecule has 2 heterocycles. The number of benzene rings is 1. The fourth-order valence-corrected chi connectivity index (χ4v) is 4.16. The van der Waals surface area contributed by atoms with Crippen molar-refractivity contribution in [2.24, 2.45) is 11.8 Å². The second kappa shape index (κ2) is 5.86. The summed E-state index contributed by atoms with van der Waals surface area (Å²) in [5.41, 5.74) is -0.262. The smallest absolute Gasteiger partial charge is 0.368 e. The number of hydrogen-bond donors (Lipinski definition) is 1. The van der Waals surface area contributed by atoms with Crippen LogP contribution in [0, 0.1) is 11.8 Å². The van der Waals surface area contributed by atoms with Gasteiger partial charge in [-0.05, 0) is 19.1 Å². The molecule has 2 N–H and O–H groups in total. The zero-order chi connectivity index (χ0) is 17.6. The van der Waals surface area contributed by atoms with Crippen molar-refractivity contribution in [3.8, 4) is 0 Å². The topological polar surface area (TPSA) is 80.3 Å². The lowest BCUT2D eigenvalue weighted by Gasteiger charge is -2.25. The minimum atomic E-state index is -1.12. The first kappa shape index (κ1) is 16.9. The van der Waals surface area contributed by atoms with Gasteiger partial charge in [-0.1, -0.05) is 23.7 Å². The van der Waals surface area contributed by atoms with Crippen LogP contribution in [0.5, 0.6) is 0 Å². The number of likely N-dealkylation sites (tertiary alicyclic amines) is 1. The number of ether oxygens (including phenoxy) is 1. The Labute approximate surface area is 145 Å². The Balaban J connectivity index is 2.09. The Hall–Kier alpha value is -1.92. The van der Waals surface area contributed by atoms with E-state index >= 15 is 0 Å². The highest BCUT2D eigenvalue weighted by molar-refractivity contribution is 6.30. The molecule has 1 aromatic rings. The lowest BCUT2D eigenvalue weighted by molar-refractivity contribution is -0.731. The van der Waals surface area contributed by atoms with Gasteiger partial charge in [-0.15, -0.1) is 0 Å². The highest BCUT2D eigenvalue weighted by Gasteiger charge is 2.70. The summed E-state index contributed by atoms with van der Waals surface area (Å²) < 4.78 is 4.93. The van der Waals surface area contributed by atoms with E-state index in [0.29, 0.717) is 11.6 Å². The van der Waals surface area contributed by atoms with Gasteiger partial charge in [0, 0.05) is 24.1 Å². The summed E-state index contributed by atoms with van der Waals surface area (Å²) in [5.74, 6) is -2.32. The van der Waals surface area contributed by atoms with Gasteiger partial charge in [0.1, 0.15) is 17.9 Å². The fourth-order valence-electron chi connectivity index (χ4n) is 4.04. The number of hydrogen-bond acceptors (Lipinski definition) is 4. The van der Waals surface area contributed by atoms with Crippen LogP contribution in [0.3, 0.4) is 0 Å². The summed E-state index contributed by atoms with van der Waals surface area (Å²) >= 11 is 5.94. The molecule has 128 valence electrons. The summed E-state index contributed by atoms with van der Waals surface area (Å²) in [6.07, 6.45) is 0. The van der Waals surface area contributed by atoms with Crippen molar-refractivity contribution in [3.63, 3.8) is 0 Å². The molecule has 6 nitrogen and oxygen atoms in total. The predicted molar refractivity (Wildman–Crippen MR) is 85.9 cm³/mol. The largest absolute Gasteiger partial charge is 0.464 e. The van der Waals surface area contributed by atoms with Crippen molar-refractivity contribution < 1.29 is 24.4 Å². The van der Waals surface area contributed by atoms with Crippen LogP contribution >= 0.6 is 11.6 Å². The summed E-state index contributed by atoms with van der Waals surface area (Å²) in [6, 6.07) is 6.81. The van der Waals surface area contributed by atoms with E-state index in [2.05, 4.69) is 0 Å². The van der Waals surface area contributed by atoms with E-state index in [1.54, 1.807) is 31.3 Å². The summed E-state index contributed by atoms with van der Waals surface area (Å²) in [5, 5.41) is 2.38. The minimum Gasteiger partial charge on any atom is -0.464 e. The van der Waals surface area contributed by atoms with E-state index in [-0.39, 0.29) is 17.9 Å². The highest BCUT2D eigenvalue weighted by atomic mass is 35.5. The number of amides is 2. The molecule has 0 spiro atoms. The van der Waals surface area contributed by atoms with E-state index in [9.17, 15) is 14.4 Å². The van der Waals surface area contributed by atoms with Crippen molar-refractivity contribution in [2.75, 3.05) is 13.7 Å². The van der Waals surface area contributed by atoms with Crippen molar-refractivity contribution in [1.29, 1.82) is 0 Å². The molecule has 2 saturated heterocycles. The van der Waals surface area contributed by atoms with Crippen LogP contribution in [-0.4, -0.2) is 41.9 Å². The first-order valence-corrected chi connectivity index (χ1v) is 8.28. The second-order valence-corrected chi connectivity index (χ2v) is 6.88. The van der Waals surface area contributed by atoms with Crippen LogP contribution in [0.2, 0.25) is 5.02 Å². The maximum Gasteiger partial charge on any atom is 0.368 e. The Morgan fingerprint density at radius 2 is 1.92 bits per heavy atom. The van der Waals surface area contributed by atoms with Gasteiger partial charge < -0.3 is 10.1 Å². The van der Waals surface area contributed by atoms with Gasteiger partial charge in [-0.2, -0.15) is 0 Å². The van der Waals surface area contributed by atoms with Crippen LogP contribution in [0.15, 0.2) is 24.3 Å². The molecule has 0 radical (unpaired) electrons. The average Bonchev–Trinajstić information content (AvgIpc) is 3.02. The van der Waals surface area contributed by atoms with Gasteiger partial charge in [-0.25, -0.2) is 4.79 Å². The zero-order valence-electron chi connectivity index (χ0n) is 13.8. The molecule has 0 saturated carbocycles. The number of carbonyl (C=O) groups excluding carboxylic acids is 3. The summed E-state index contributed by atoms with van der Waals surface area (Å²) in [4.78, 5) is 39.2. The van der Waals surface area contributed by atoms with Gasteiger partial charge in [-0.3, -0.25) is 14.5 Å². The molecule has 0 aliphatic carbocycles. The van der Waals surface area contributed by atoms with Crippen LogP contribution < -0.4 is 5.32 Å². The fraction of sp³-hybridized carbons (Fsp3) is 0.471. The van der Waals surface area contributed by atoms with Crippen molar-refractivity contribution in [2.45, 2.75) is 25.4 Å².